The van der Waals surface area contributed by atoms with Gasteiger partial charge in [-0.3, -0.25) is 4.68 Å². The summed E-state index contributed by atoms with van der Waals surface area (Å²) in [5.41, 5.74) is -0.143. The van der Waals surface area contributed by atoms with Gasteiger partial charge in [-0.1, -0.05) is 0 Å². The van der Waals surface area contributed by atoms with Crippen LogP contribution in [0.5, 0.6) is 0 Å². The van der Waals surface area contributed by atoms with Crippen LogP contribution in [0, 0.1) is 0 Å². The van der Waals surface area contributed by atoms with E-state index in [0.717, 1.165) is 19.0 Å². The van der Waals surface area contributed by atoms with Crippen molar-refractivity contribution in [2.24, 2.45) is 0 Å². The molecule has 0 saturated heterocycles. The van der Waals surface area contributed by atoms with E-state index in [1.807, 2.05) is 11.9 Å². The Morgan fingerprint density at radius 1 is 1.33 bits per heavy atom. The largest absolute Gasteiger partial charge is 0.435 e. The first kappa shape index (κ1) is 10.5. The number of nitrogens with zero attached hydrogens (tertiary/aromatic N) is 3. The van der Waals surface area contributed by atoms with E-state index in [9.17, 15) is 13.2 Å². The molecule has 0 bridgehead atoms. The van der Waals surface area contributed by atoms with E-state index in [4.69, 9.17) is 0 Å². The van der Waals surface area contributed by atoms with Crippen LogP contribution in [0.2, 0.25) is 0 Å². The molecule has 0 N–H and O–H groups in total. The lowest BCUT2D eigenvalue weighted by Crippen LogP contribution is -2.17. The summed E-state index contributed by atoms with van der Waals surface area (Å²) in [5, 5.41) is 3.58. The Morgan fingerprint density at radius 3 is 2.73 bits per heavy atom. The molecule has 0 amide bonds. The number of rotatable bonds is 0. The molecular weight excluding hydrogens is 207 g/mol. The van der Waals surface area contributed by atoms with Gasteiger partial charge >= 0.3 is 6.18 Å². The smallest absolute Gasteiger partial charge is 0.300 e. The van der Waals surface area contributed by atoms with Gasteiger partial charge in [-0.2, -0.15) is 18.3 Å². The average molecular weight is 219 g/mol. The molecule has 0 radical (unpaired) electrons. The number of hydrogen-bond acceptors (Lipinski definition) is 2. The minimum atomic E-state index is -4.34. The van der Waals surface area contributed by atoms with E-state index in [1.165, 1.54) is 4.68 Å². The normalized spacial score (nSPS) is 18.7. The molecule has 0 atom stereocenters. The Kier molecular flexibility index (Phi) is 2.46. The molecule has 0 fully saturated rings. The van der Waals surface area contributed by atoms with Crippen molar-refractivity contribution in [2.75, 3.05) is 13.6 Å². The summed E-state index contributed by atoms with van der Waals surface area (Å²) in [6.07, 6.45) is -3.50. The van der Waals surface area contributed by atoms with Crippen molar-refractivity contribution in [1.82, 2.24) is 14.7 Å². The van der Waals surface area contributed by atoms with E-state index in [1.54, 1.807) is 0 Å². The van der Waals surface area contributed by atoms with Gasteiger partial charge in [0.25, 0.3) is 0 Å². The summed E-state index contributed by atoms with van der Waals surface area (Å²) < 4.78 is 38.6. The standard InChI is InChI=1S/C9H12F3N3/c1-14-3-2-4-15-7(6-14)5-8(13-15)9(10,11)12/h5H,2-4,6H2,1H3. The highest BCUT2D eigenvalue weighted by molar-refractivity contribution is 5.13. The molecule has 1 aliphatic heterocycles. The van der Waals surface area contributed by atoms with Crippen LogP contribution in [0.4, 0.5) is 13.2 Å². The highest BCUT2D eigenvalue weighted by Crippen LogP contribution is 2.29. The quantitative estimate of drug-likeness (QED) is 0.662. The molecule has 3 nitrogen and oxygen atoms in total. The van der Waals surface area contributed by atoms with Crippen LogP contribution in [-0.4, -0.2) is 28.3 Å². The zero-order chi connectivity index (χ0) is 11.1. The molecule has 6 heteroatoms. The third-order valence-electron chi connectivity index (χ3n) is 2.50. The maximum absolute atomic E-state index is 12.4. The van der Waals surface area contributed by atoms with Gasteiger partial charge in [0.15, 0.2) is 5.69 Å². The maximum Gasteiger partial charge on any atom is 0.435 e. The van der Waals surface area contributed by atoms with E-state index in [0.29, 0.717) is 18.8 Å². The number of halogens is 3. The molecule has 2 heterocycles. The average Bonchev–Trinajstić information content (AvgIpc) is 2.41. The minimum Gasteiger partial charge on any atom is -0.300 e. The molecule has 84 valence electrons. The fourth-order valence-electron chi connectivity index (χ4n) is 1.76. The first-order valence-corrected chi connectivity index (χ1v) is 4.79. The van der Waals surface area contributed by atoms with Gasteiger partial charge in [0, 0.05) is 19.6 Å². The van der Waals surface area contributed by atoms with Crippen molar-refractivity contribution < 1.29 is 13.2 Å². The lowest BCUT2D eigenvalue weighted by atomic mass is 10.3. The van der Waals surface area contributed by atoms with E-state index in [-0.39, 0.29) is 0 Å². The molecular formula is C9H12F3N3. The third-order valence-corrected chi connectivity index (χ3v) is 2.50. The summed E-state index contributed by atoms with van der Waals surface area (Å²) in [6, 6.07) is 1.14. The lowest BCUT2D eigenvalue weighted by Gasteiger charge is -2.10. The topological polar surface area (TPSA) is 21.1 Å². The van der Waals surface area contributed by atoms with Gasteiger partial charge < -0.3 is 4.90 Å². The van der Waals surface area contributed by atoms with Crippen LogP contribution >= 0.6 is 0 Å². The summed E-state index contributed by atoms with van der Waals surface area (Å²) >= 11 is 0. The van der Waals surface area contributed by atoms with Crippen molar-refractivity contribution in [1.29, 1.82) is 0 Å². The lowest BCUT2D eigenvalue weighted by molar-refractivity contribution is -0.141. The zero-order valence-electron chi connectivity index (χ0n) is 8.38. The Hall–Kier alpha value is -1.04. The van der Waals surface area contributed by atoms with Crippen LogP contribution in [0.25, 0.3) is 0 Å². The van der Waals surface area contributed by atoms with Crippen LogP contribution in [0.3, 0.4) is 0 Å². The Morgan fingerprint density at radius 2 is 2.07 bits per heavy atom. The molecule has 0 aliphatic carbocycles. The Bertz CT molecular complexity index is 356. The van der Waals surface area contributed by atoms with Crippen molar-refractivity contribution in [3.8, 4) is 0 Å². The van der Waals surface area contributed by atoms with Gasteiger partial charge in [-0.05, 0) is 19.5 Å². The second-order valence-corrected chi connectivity index (χ2v) is 3.83. The van der Waals surface area contributed by atoms with E-state index < -0.39 is 11.9 Å². The van der Waals surface area contributed by atoms with Crippen molar-refractivity contribution in [3.63, 3.8) is 0 Å². The molecule has 0 saturated carbocycles. The summed E-state index contributed by atoms with van der Waals surface area (Å²) in [4.78, 5) is 2.00. The summed E-state index contributed by atoms with van der Waals surface area (Å²) in [5.74, 6) is 0. The minimum absolute atomic E-state index is 0.531. The summed E-state index contributed by atoms with van der Waals surface area (Å²) in [6.45, 7) is 1.99. The molecule has 15 heavy (non-hydrogen) atoms. The Balaban J connectivity index is 2.31. The highest BCUT2D eigenvalue weighted by Gasteiger charge is 2.35. The summed E-state index contributed by atoms with van der Waals surface area (Å²) in [7, 11) is 1.90. The molecule has 0 unspecified atom stereocenters. The molecule has 0 spiro atoms. The third kappa shape index (κ3) is 2.14. The molecule has 2 rings (SSSR count). The number of aromatic nitrogens is 2. The predicted octanol–water partition coefficient (Wildman–Crippen LogP) is 1.74. The van der Waals surface area contributed by atoms with E-state index >= 15 is 0 Å². The van der Waals surface area contributed by atoms with Gasteiger partial charge in [0.2, 0.25) is 0 Å². The predicted molar refractivity (Wildman–Crippen MR) is 48.2 cm³/mol. The molecule has 1 aromatic rings. The van der Waals surface area contributed by atoms with E-state index in [2.05, 4.69) is 5.10 Å². The fourth-order valence-corrected chi connectivity index (χ4v) is 1.76. The number of alkyl halides is 3. The van der Waals surface area contributed by atoms with Crippen LogP contribution in [-0.2, 0) is 19.3 Å². The van der Waals surface area contributed by atoms with Crippen LogP contribution < -0.4 is 0 Å². The Labute approximate surface area is 85.5 Å². The zero-order valence-corrected chi connectivity index (χ0v) is 8.38. The first-order valence-electron chi connectivity index (χ1n) is 4.79. The fraction of sp³-hybridized carbons (Fsp3) is 0.667. The second kappa shape index (κ2) is 3.52. The van der Waals surface area contributed by atoms with Crippen LogP contribution in [0.15, 0.2) is 6.07 Å². The van der Waals surface area contributed by atoms with Gasteiger partial charge in [0.1, 0.15) is 0 Å². The monoisotopic (exact) mass is 219 g/mol. The van der Waals surface area contributed by atoms with Gasteiger partial charge in [-0.25, -0.2) is 0 Å². The van der Waals surface area contributed by atoms with Crippen molar-refractivity contribution in [2.45, 2.75) is 25.7 Å². The SMILES string of the molecule is CN1CCCn2nc(C(F)(F)F)cc2C1. The first-order chi connectivity index (χ1) is 6.97. The van der Waals surface area contributed by atoms with Crippen LogP contribution in [0.1, 0.15) is 17.8 Å². The highest BCUT2D eigenvalue weighted by atomic mass is 19.4. The number of fused-ring (bicyclic) bond motifs is 1. The second-order valence-electron chi connectivity index (χ2n) is 3.83. The molecule has 1 aromatic heterocycles. The van der Waals surface area contributed by atoms with Crippen molar-refractivity contribution in [3.05, 3.63) is 17.5 Å². The number of hydrogen-bond donors (Lipinski definition) is 0. The van der Waals surface area contributed by atoms with Crippen molar-refractivity contribution >= 4 is 0 Å². The maximum atomic E-state index is 12.4. The van der Waals surface area contributed by atoms with Gasteiger partial charge in [-0.15, -0.1) is 0 Å². The molecule has 1 aliphatic rings. The number of aryl methyl sites for hydroxylation is 1. The molecule has 0 aromatic carbocycles. The van der Waals surface area contributed by atoms with Gasteiger partial charge in [0.05, 0.1) is 5.69 Å².